The third-order valence-electron chi connectivity index (χ3n) is 1.72. The van der Waals surface area contributed by atoms with E-state index < -0.39 is 7.12 Å². The van der Waals surface area contributed by atoms with E-state index in [0.717, 1.165) is 0 Å². The molecule has 0 aromatic carbocycles. The van der Waals surface area contributed by atoms with Crippen molar-refractivity contribution in [2.45, 2.75) is 6.54 Å². The smallest absolute Gasteiger partial charge is 0.464 e. The van der Waals surface area contributed by atoms with Gasteiger partial charge in [0.05, 0.1) is 7.11 Å². The Balaban J connectivity index is 2.78. The van der Waals surface area contributed by atoms with Crippen LogP contribution >= 0.6 is 0 Å². The molecule has 0 unspecified atom stereocenters. The molecule has 74 valence electrons. The van der Waals surface area contributed by atoms with Crippen LogP contribution in [0.4, 0.5) is 0 Å². The highest BCUT2D eigenvalue weighted by Crippen LogP contribution is 1.80. The van der Waals surface area contributed by atoms with Crippen molar-refractivity contribution in [2.75, 3.05) is 7.11 Å². The van der Waals surface area contributed by atoms with Crippen molar-refractivity contribution in [1.29, 1.82) is 0 Å². The maximum Gasteiger partial charge on any atom is 0.494 e. The third kappa shape index (κ3) is 2.83. The Labute approximate surface area is 81.7 Å². The van der Waals surface area contributed by atoms with Crippen molar-refractivity contribution in [2.24, 2.45) is 0 Å². The number of hydrogen-bond donors (Lipinski definition) is 2. The summed E-state index contributed by atoms with van der Waals surface area (Å²) in [4.78, 5) is 10.9. The summed E-state index contributed by atoms with van der Waals surface area (Å²) in [5.74, 6) is -0.389. The normalized spacial score (nSPS) is 9.64. The second-order valence-corrected chi connectivity index (χ2v) is 2.76. The molecule has 0 bridgehead atoms. The zero-order valence-corrected chi connectivity index (χ0v) is 7.75. The summed E-state index contributed by atoms with van der Waals surface area (Å²) in [5.41, 5.74) is 0.330. The van der Waals surface area contributed by atoms with Gasteiger partial charge in [-0.15, -0.1) is 0 Å². The summed E-state index contributed by atoms with van der Waals surface area (Å²) < 4.78 is 5.98. The SMILES string of the molecule is COC(=O)C[n+]1cccc(B(O)O)c1. The molecule has 0 aliphatic rings. The van der Waals surface area contributed by atoms with Gasteiger partial charge < -0.3 is 14.8 Å². The predicted molar refractivity (Wildman–Crippen MR) is 48.5 cm³/mol. The van der Waals surface area contributed by atoms with Crippen LogP contribution in [0.25, 0.3) is 0 Å². The fourth-order valence-electron chi connectivity index (χ4n) is 1.01. The van der Waals surface area contributed by atoms with Gasteiger partial charge in [-0.3, -0.25) is 0 Å². The lowest BCUT2D eigenvalue weighted by Gasteiger charge is -1.98. The molecule has 6 heteroatoms. The molecule has 1 aromatic rings. The number of pyridine rings is 1. The number of nitrogens with zero attached hydrogens (tertiary/aromatic N) is 1. The van der Waals surface area contributed by atoms with E-state index in [1.807, 2.05) is 0 Å². The molecule has 0 aliphatic heterocycles. The Bertz CT molecular complexity index is 329. The molecule has 1 aromatic heterocycles. The topological polar surface area (TPSA) is 70.6 Å². The first-order valence-electron chi connectivity index (χ1n) is 4.05. The van der Waals surface area contributed by atoms with E-state index in [1.54, 1.807) is 18.3 Å². The number of esters is 1. The monoisotopic (exact) mass is 196 g/mol. The zero-order chi connectivity index (χ0) is 10.6. The molecule has 14 heavy (non-hydrogen) atoms. The summed E-state index contributed by atoms with van der Waals surface area (Å²) in [6.45, 7) is 0.0526. The molecule has 5 nitrogen and oxygen atoms in total. The van der Waals surface area contributed by atoms with E-state index in [4.69, 9.17) is 10.0 Å². The maximum absolute atomic E-state index is 10.9. The number of carbonyl (C=O) groups excluding carboxylic acids is 1. The van der Waals surface area contributed by atoms with Gasteiger partial charge in [-0.1, -0.05) is 6.07 Å². The first-order chi connectivity index (χ1) is 6.63. The molecule has 0 atom stereocenters. The largest absolute Gasteiger partial charge is 0.494 e. The van der Waals surface area contributed by atoms with Crippen LogP contribution in [0.1, 0.15) is 0 Å². The number of methoxy groups -OCH3 is 1. The summed E-state index contributed by atoms with van der Waals surface area (Å²) in [5, 5.41) is 17.7. The van der Waals surface area contributed by atoms with Gasteiger partial charge in [0.15, 0.2) is 12.4 Å². The van der Waals surface area contributed by atoms with Gasteiger partial charge in [-0.25, -0.2) is 4.79 Å². The lowest BCUT2D eigenvalue weighted by atomic mass is 9.82. The molecule has 0 saturated heterocycles. The predicted octanol–water partition coefficient (Wildman–Crippen LogP) is -2.17. The molecule has 1 rings (SSSR count). The minimum atomic E-state index is -1.53. The number of hydrogen-bond acceptors (Lipinski definition) is 4. The summed E-state index contributed by atoms with van der Waals surface area (Å²) in [6.07, 6.45) is 3.12. The Kier molecular flexibility index (Phi) is 3.61. The third-order valence-corrected chi connectivity index (χ3v) is 1.72. The number of aromatic nitrogens is 1. The maximum atomic E-state index is 10.9. The lowest BCUT2D eigenvalue weighted by Crippen LogP contribution is -2.44. The highest BCUT2D eigenvalue weighted by atomic mass is 16.5. The molecule has 0 amide bonds. The Morgan fingerprint density at radius 2 is 2.36 bits per heavy atom. The first kappa shape index (κ1) is 10.7. The number of rotatable bonds is 3. The average molecular weight is 196 g/mol. The van der Waals surface area contributed by atoms with Crippen molar-refractivity contribution in [3.63, 3.8) is 0 Å². The number of ether oxygens (including phenoxy) is 1. The first-order valence-corrected chi connectivity index (χ1v) is 4.05. The van der Waals surface area contributed by atoms with E-state index >= 15 is 0 Å². The van der Waals surface area contributed by atoms with Crippen LogP contribution in [-0.4, -0.2) is 30.2 Å². The van der Waals surface area contributed by atoms with E-state index in [9.17, 15) is 4.79 Å². The molecule has 0 fully saturated rings. The zero-order valence-electron chi connectivity index (χ0n) is 7.75. The molecule has 1 heterocycles. The highest BCUT2D eigenvalue weighted by molar-refractivity contribution is 6.58. The Morgan fingerprint density at radius 1 is 1.64 bits per heavy atom. The lowest BCUT2D eigenvalue weighted by molar-refractivity contribution is -0.685. The molecular weight excluding hydrogens is 185 g/mol. The van der Waals surface area contributed by atoms with E-state index in [0.29, 0.717) is 5.46 Å². The Morgan fingerprint density at radius 3 is 2.93 bits per heavy atom. The van der Waals surface area contributed by atoms with E-state index in [-0.39, 0.29) is 12.5 Å². The van der Waals surface area contributed by atoms with Gasteiger partial charge in [0.2, 0.25) is 6.54 Å². The molecule has 0 spiro atoms. The minimum absolute atomic E-state index is 0.0526. The van der Waals surface area contributed by atoms with E-state index in [1.165, 1.54) is 17.9 Å². The van der Waals surface area contributed by atoms with Crippen molar-refractivity contribution >= 4 is 18.6 Å². The summed E-state index contributed by atoms with van der Waals surface area (Å²) in [6, 6.07) is 3.18. The fourth-order valence-corrected chi connectivity index (χ4v) is 1.01. The second kappa shape index (κ2) is 4.73. The van der Waals surface area contributed by atoms with Gasteiger partial charge in [0, 0.05) is 11.5 Å². The quantitative estimate of drug-likeness (QED) is 0.327. The summed E-state index contributed by atoms with van der Waals surface area (Å²) >= 11 is 0. The average Bonchev–Trinajstić information content (AvgIpc) is 2.18. The van der Waals surface area contributed by atoms with Gasteiger partial charge in [-0.05, 0) is 0 Å². The number of carbonyl (C=O) groups is 1. The molecular formula is C8H11BNO4+. The van der Waals surface area contributed by atoms with Crippen molar-refractivity contribution < 1.29 is 24.1 Å². The summed E-state index contributed by atoms with van der Waals surface area (Å²) in [7, 11) is -0.228. The molecule has 2 N–H and O–H groups in total. The van der Waals surface area contributed by atoms with Crippen molar-refractivity contribution in [3.8, 4) is 0 Å². The van der Waals surface area contributed by atoms with Crippen LogP contribution in [0, 0.1) is 0 Å². The van der Waals surface area contributed by atoms with Crippen LogP contribution in [0.2, 0.25) is 0 Å². The standard InChI is InChI=1S/C8H11BNO4/c1-14-8(11)6-10-4-2-3-7(5-10)9(12)13/h2-5,12-13H,6H2,1H3/q+1. The minimum Gasteiger partial charge on any atom is -0.464 e. The fraction of sp³-hybridized carbons (Fsp3) is 0.250. The highest BCUT2D eigenvalue weighted by Gasteiger charge is 2.16. The van der Waals surface area contributed by atoms with Crippen LogP contribution in [0.15, 0.2) is 24.5 Å². The second-order valence-electron chi connectivity index (χ2n) is 2.76. The molecule has 0 saturated carbocycles. The van der Waals surface area contributed by atoms with E-state index in [2.05, 4.69) is 4.74 Å². The van der Waals surface area contributed by atoms with Gasteiger partial charge in [0.1, 0.15) is 0 Å². The van der Waals surface area contributed by atoms with Crippen molar-refractivity contribution in [1.82, 2.24) is 0 Å². The van der Waals surface area contributed by atoms with Crippen LogP contribution in [-0.2, 0) is 16.1 Å². The van der Waals surface area contributed by atoms with Crippen molar-refractivity contribution in [3.05, 3.63) is 24.5 Å². The van der Waals surface area contributed by atoms with Gasteiger partial charge in [-0.2, -0.15) is 4.57 Å². The van der Waals surface area contributed by atoms with Gasteiger partial charge in [0.25, 0.3) is 0 Å². The Hall–Kier alpha value is -1.40. The van der Waals surface area contributed by atoms with Gasteiger partial charge >= 0.3 is 13.1 Å². The van der Waals surface area contributed by atoms with Crippen LogP contribution in [0.3, 0.4) is 0 Å². The molecule has 0 radical (unpaired) electrons. The van der Waals surface area contributed by atoms with Crippen LogP contribution < -0.4 is 10.0 Å². The molecule has 0 aliphatic carbocycles. The van der Waals surface area contributed by atoms with Crippen LogP contribution in [0.5, 0.6) is 0 Å².